The Kier molecular flexibility index (Phi) is 10.5. The molecule has 0 fully saturated rings. The fourth-order valence-electron chi connectivity index (χ4n) is 4.54. The number of rotatable bonds is 5. The van der Waals surface area contributed by atoms with Crippen molar-refractivity contribution in [2.24, 2.45) is 0 Å². The van der Waals surface area contributed by atoms with Crippen molar-refractivity contribution in [2.45, 2.75) is 32.1 Å². The van der Waals surface area contributed by atoms with Crippen molar-refractivity contribution in [3.63, 3.8) is 0 Å². The summed E-state index contributed by atoms with van der Waals surface area (Å²) in [5.41, 5.74) is 1.32. The fourth-order valence-corrected chi connectivity index (χ4v) is 4.72. The molecule has 212 valence electrons. The van der Waals surface area contributed by atoms with Crippen LogP contribution in [0.4, 0.5) is 11.4 Å². The van der Waals surface area contributed by atoms with Gasteiger partial charge in [0.2, 0.25) is 11.8 Å². The molecular weight excluding hydrogens is 530 g/mol. The Labute approximate surface area is 240 Å². The van der Waals surface area contributed by atoms with Gasteiger partial charge in [0, 0.05) is 31.6 Å². The minimum Gasteiger partial charge on any atom is -0.495 e. The Bertz CT molecular complexity index is 1300. The number of carbonyl (C=O) groups is 2. The predicted molar refractivity (Wildman–Crippen MR) is 158 cm³/mol. The normalized spacial score (nSPS) is 14.6. The summed E-state index contributed by atoms with van der Waals surface area (Å²) in [5.74, 6) is 1.94. The van der Waals surface area contributed by atoms with E-state index < -0.39 is 0 Å². The van der Waals surface area contributed by atoms with Gasteiger partial charge in [0.1, 0.15) is 5.75 Å². The molecule has 1 aliphatic rings. The van der Waals surface area contributed by atoms with Crippen LogP contribution in [0.1, 0.15) is 32.1 Å². The molecular formula is C31H36ClN3O5. The Balaban J connectivity index is 1.49. The molecule has 0 aromatic heterocycles. The molecule has 3 aromatic carbocycles. The summed E-state index contributed by atoms with van der Waals surface area (Å²) in [5, 5.41) is 3.35. The molecule has 0 aliphatic carbocycles. The van der Waals surface area contributed by atoms with Gasteiger partial charge in [-0.1, -0.05) is 48.7 Å². The molecule has 0 spiro atoms. The van der Waals surface area contributed by atoms with Crippen molar-refractivity contribution in [2.75, 3.05) is 50.6 Å². The van der Waals surface area contributed by atoms with Gasteiger partial charge in [-0.2, -0.15) is 0 Å². The number of carbonyl (C=O) groups excluding carboxylic acids is 2. The highest BCUT2D eigenvalue weighted by molar-refractivity contribution is 6.31. The van der Waals surface area contributed by atoms with E-state index in [4.69, 9.17) is 25.8 Å². The standard InChI is InChI=1S/C31H36ClN3O5/c1-34(25-11-5-6-12-27(25)38-2)19-17-31(37)35-18-9-3-4-10-20-39-28-13-7-8-14-29(28)40-26-16-15-23(32)21-24(26)33-30(36)22-35/h5-8,11-16,21H,3-4,9-10,17-20,22H2,1-2H3,(H,33,36). The van der Waals surface area contributed by atoms with E-state index in [1.807, 2.05) is 60.5 Å². The van der Waals surface area contributed by atoms with Gasteiger partial charge in [-0.25, -0.2) is 0 Å². The number of anilines is 2. The number of nitrogens with one attached hydrogen (secondary N) is 1. The lowest BCUT2D eigenvalue weighted by Crippen LogP contribution is -2.40. The van der Waals surface area contributed by atoms with Crippen molar-refractivity contribution in [1.29, 1.82) is 0 Å². The Morgan fingerprint density at radius 3 is 2.58 bits per heavy atom. The van der Waals surface area contributed by atoms with Crippen molar-refractivity contribution in [1.82, 2.24) is 4.90 Å². The van der Waals surface area contributed by atoms with E-state index in [0.29, 0.717) is 47.7 Å². The number of para-hydroxylation sites is 4. The second-order valence-corrected chi connectivity index (χ2v) is 10.1. The summed E-state index contributed by atoms with van der Waals surface area (Å²) < 4.78 is 17.6. The van der Waals surface area contributed by atoms with Crippen LogP contribution in [0.2, 0.25) is 5.02 Å². The minimum absolute atomic E-state index is 0.0666. The number of fused-ring (bicyclic) bond motifs is 2. The number of ether oxygens (including phenoxy) is 3. The highest BCUT2D eigenvalue weighted by atomic mass is 35.5. The zero-order chi connectivity index (χ0) is 28.3. The topological polar surface area (TPSA) is 80.3 Å². The number of amides is 2. The first kappa shape index (κ1) is 29.1. The Morgan fingerprint density at radius 2 is 1.75 bits per heavy atom. The molecule has 4 rings (SSSR count). The van der Waals surface area contributed by atoms with E-state index in [0.717, 1.165) is 37.1 Å². The quantitative estimate of drug-likeness (QED) is 0.386. The summed E-state index contributed by atoms with van der Waals surface area (Å²) in [7, 11) is 3.55. The summed E-state index contributed by atoms with van der Waals surface area (Å²) in [6, 6.07) is 20.2. The van der Waals surface area contributed by atoms with Crippen LogP contribution in [0.25, 0.3) is 0 Å². The van der Waals surface area contributed by atoms with Crippen molar-refractivity contribution in [3.8, 4) is 23.0 Å². The highest BCUT2D eigenvalue weighted by Gasteiger charge is 2.20. The average molecular weight is 566 g/mol. The smallest absolute Gasteiger partial charge is 0.244 e. The predicted octanol–water partition coefficient (Wildman–Crippen LogP) is 6.39. The zero-order valence-corrected chi connectivity index (χ0v) is 23.8. The van der Waals surface area contributed by atoms with E-state index in [1.165, 1.54) is 0 Å². The van der Waals surface area contributed by atoms with Crippen LogP contribution in [0.3, 0.4) is 0 Å². The number of methoxy groups -OCH3 is 1. The Hall–Kier alpha value is -3.91. The molecule has 0 saturated heterocycles. The summed E-state index contributed by atoms with van der Waals surface area (Å²) in [4.78, 5) is 30.2. The van der Waals surface area contributed by atoms with Crippen LogP contribution in [0.15, 0.2) is 66.7 Å². The summed E-state index contributed by atoms with van der Waals surface area (Å²) in [6.45, 7) is 1.47. The molecule has 0 saturated carbocycles. The van der Waals surface area contributed by atoms with Gasteiger partial charge < -0.3 is 29.3 Å². The van der Waals surface area contributed by atoms with Gasteiger partial charge in [0.25, 0.3) is 0 Å². The van der Waals surface area contributed by atoms with Gasteiger partial charge in [-0.05, 0) is 55.3 Å². The lowest BCUT2D eigenvalue weighted by Gasteiger charge is -2.26. The first-order valence-electron chi connectivity index (χ1n) is 13.6. The molecule has 0 unspecified atom stereocenters. The van der Waals surface area contributed by atoms with Gasteiger partial charge in [0.15, 0.2) is 17.2 Å². The average Bonchev–Trinajstić information content (AvgIpc) is 2.96. The zero-order valence-electron chi connectivity index (χ0n) is 23.0. The van der Waals surface area contributed by atoms with E-state index in [1.54, 1.807) is 30.2 Å². The van der Waals surface area contributed by atoms with E-state index >= 15 is 0 Å². The molecule has 1 aliphatic heterocycles. The third-order valence-corrected chi connectivity index (χ3v) is 6.94. The van der Waals surface area contributed by atoms with Crippen molar-refractivity contribution >= 4 is 34.8 Å². The van der Waals surface area contributed by atoms with Gasteiger partial charge in [-0.15, -0.1) is 0 Å². The first-order valence-corrected chi connectivity index (χ1v) is 13.9. The van der Waals surface area contributed by atoms with Crippen molar-refractivity contribution < 1.29 is 23.8 Å². The largest absolute Gasteiger partial charge is 0.495 e. The second-order valence-electron chi connectivity index (χ2n) is 9.66. The lowest BCUT2D eigenvalue weighted by atomic mass is 10.2. The SMILES string of the molecule is COc1ccccc1N(C)CCC(=O)N1CCCCCCOc2ccccc2Oc2ccc(Cl)cc2NC(=O)C1. The molecule has 3 aromatic rings. The summed E-state index contributed by atoms with van der Waals surface area (Å²) >= 11 is 6.25. The van der Waals surface area contributed by atoms with Gasteiger partial charge in [-0.3, -0.25) is 9.59 Å². The maximum atomic E-state index is 13.3. The lowest BCUT2D eigenvalue weighted by molar-refractivity contribution is -0.134. The number of halogens is 1. The molecule has 2 amide bonds. The third-order valence-electron chi connectivity index (χ3n) is 6.71. The van der Waals surface area contributed by atoms with Crippen LogP contribution < -0.4 is 24.4 Å². The fraction of sp³-hybridized carbons (Fsp3) is 0.355. The molecule has 0 atom stereocenters. The van der Waals surface area contributed by atoms with Crippen LogP contribution >= 0.6 is 11.6 Å². The van der Waals surface area contributed by atoms with Gasteiger partial charge in [0.05, 0.1) is 31.6 Å². The monoisotopic (exact) mass is 565 g/mol. The molecule has 0 radical (unpaired) electrons. The molecule has 1 heterocycles. The second kappa shape index (κ2) is 14.5. The highest BCUT2D eigenvalue weighted by Crippen LogP contribution is 2.36. The first-order chi connectivity index (χ1) is 19.4. The molecule has 0 bridgehead atoms. The maximum absolute atomic E-state index is 13.3. The molecule has 1 N–H and O–H groups in total. The minimum atomic E-state index is -0.324. The molecule has 9 heteroatoms. The Morgan fingerprint density at radius 1 is 1.00 bits per heavy atom. The summed E-state index contributed by atoms with van der Waals surface area (Å²) in [6.07, 6.45) is 3.81. The van der Waals surface area contributed by atoms with Crippen molar-refractivity contribution in [3.05, 3.63) is 71.8 Å². The van der Waals surface area contributed by atoms with E-state index in [2.05, 4.69) is 5.32 Å². The maximum Gasteiger partial charge on any atom is 0.244 e. The van der Waals surface area contributed by atoms with Crippen LogP contribution in [-0.2, 0) is 9.59 Å². The number of hydrogen-bond donors (Lipinski definition) is 1. The van der Waals surface area contributed by atoms with E-state index in [-0.39, 0.29) is 24.8 Å². The molecule has 8 nitrogen and oxygen atoms in total. The number of nitrogens with zero attached hydrogens (tertiary/aromatic N) is 2. The van der Waals surface area contributed by atoms with E-state index in [9.17, 15) is 9.59 Å². The molecule has 40 heavy (non-hydrogen) atoms. The van der Waals surface area contributed by atoms with Crippen LogP contribution in [-0.4, -0.2) is 57.1 Å². The van der Waals surface area contributed by atoms with Crippen LogP contribution in [0, 0.1) is 0 Å². The number of hydrogen-bond acceptors (Lipinski definition) is 6. The van der Waals surface area contributed by atoms with Crippen LogP contribution in [0.5, 0.6) is 23.0 Å². The third kappa shape index (κ3) is 8.05. The number of benzene rings is 3. The van der Waals surface area contributed by atoms with Gasteiger partial charge >= 0.3 is 0 Å².